The lowest BCUT2D eigenvalue weighted by Crippen LogP contribution is -2.14. The fourth-order valence-corrected chi connectivity index (χ4v) is 3.65. The Balaban J connectivity index is 1.78. The highest BCUT2D eigenvalue weighted by Crippen LogP contribution is 2.35. The van der Waals surface area contributed by atoms with Gasteiger partial charge in [-0.1, -0.05) is 59.1 Å². The van der Waals surface area contributed by atoms with Crippen molar-refractivity contribution in [3.63, 3.8) is 0 Å². The first kappa shape index (κ1) is 23.7. The lowest BCUT2D eigenvalue weighted by atomic mass is 10.1. The number of halogens is 3. The molecule has 0 spiro atoms. The first-order valence-electron chi connectivity index (χ1n) is 9.63. The summed E-state index contributed by atoms with van der Waals surface area (Å²) >= 11 is 18.6. The molecule has 0 aromatic heterocycles. The molecule has 0 saturated heterocycles. The van der Waals surface area contributed by atoms with E-state index < -0.39 is 5.91 Å². The molecule has 32 heavy (non-hydrogen) atoms. The van der Waals surface area contributed by atoms with Gasteiger partial charge in [0.2, 0.25) is 0 Å². The van der Waals surface area contributed by atoms with E-state index >= 15 is 0 Å². The van der Waals surface area contributed by atoms with Crippen LogP contribution >= 0.6 is 34.8 Å². The second kappa shape index (κ2) is 10.6. The Morgan fingerprint density at radius 1 is 1.03 bits per heavy atom. The number of ether oxygens (including phenoxy) is 1. The smallest absolute Gasteiger partial charge is 0.266 e. The largest absolute Gasteiger partial charge is 0.486 e. The third kappa shape index (κ3) is 6.05. The third-order valence-electron chi connectivity index (χ3n) is 4.63. The summed E-state index contributed by atoms with van der Waals surface area (Å²) in [6, 6.07) is 18.0. The first-order valence-corrected chi connectivity index (χ1v) is 10.8. The van der Waals surface area contributed by atoms with Crippen molar-refractivity contribution in [1.82, 2.24) is 0 Å². The SMILES string of the molecule is Cc1ccc(C)c(NC(=O)/C(C#N)=C/c2cc(Cl)c(OCc3ccc(Cl)cc3)c(Cl)c2)c1. The van der Waals surface area contributed by atoms with Gasteiger partial charge in [0.05, 0.1) is 10.0 Å². The van der Waals surface area contributed by atoms with Gasteiger partial charge in [0.25, 0.3) is 5.91 Å². The maximum Gasteiger partial charge on any atom is 0.266 e. The van der Waals surface area contributed by atoms with Crippen LogP contribution in [-0.4, -0.2) is 5.91 Å². The lowest BCUT2D eigenvalue weighted by molar-refractivity contribution is -0.112. The molecule has 162 valence electrons. The molecule has 3 aromatic rings. The van der Waals surface area contributed by atoms with Crippen LogP contribution < -0.4 is 10.1 Å². The number of amides is 1. The van der Waals surface area contributed by atoms with Crippen LogP contribution in [0.3, 0.4) is 0 Å². The number of nitriles is 1. The van der Waals surface area contributed by atoms with E-state index in [1.165, 1.54) is 6.08 Å². The normalized spacial score (nSPS) is 11.1. The van der Waals surface area contributed by atoms with Crippen molar-refractivity contribution in [3.8, 4) is 11.8 Å². The summed E-state index contributed by atoms with van der Waals surface area (Å²) in [5.41, 5.74) is 3.88. The van der Waals surface area contributed by atoms with Gasteiger partial charge in [-0.2, -0.15) is 5.26 Å². The van der Waals surface area contributed by atoms with E-state index in [1.54, 1.807) is 24.3 Å². The Morgan fingerprint density at radius 3 is 2.31 bits per heavy atom. The van der Waals surface area contributed by atoms with Crippen LogP contribution in [0, 0.1) is 25.2 Å². The van der Waals surface area contributed by atoms with Gasteiger partial charge >= 0.3 is 0 Å². The molecule has 0 bridgehead atoms. The number of benzene rings is 3. The maximum absolute atomic E-state index is 12.6. The molecule has 0 aliphatic carbocycles. The van der Waals surface area contributed by atoms with Crippen molar-refractivity contribution in [1.29, 1.82) is 5.26 Å². The number of hydrogen-bond acceptors (Lipinski definition) is 3. The summed E-state index contributed by atoms with van der Waals surface area (Å²) in [5.74, 6) is -0.199. The number of carbonyl (C=O) groups is 1. The molecule has 0 heterocycles. The van der Waals surface area contributed by atoms with Gasteiger partial charge in [0.1, 0.15) is 18.2 Å². The molecule has 4 nitrogen and oxygen atoms in total. The molecule has 0 radical (unpaired) electrons. The lowest BCUT2D eigenvalue weighted by Gasteiger charge is -2.12. The predicted molar refractivity (Wildman–Crippen MR) is 130 cm³/mol. The molecule has 0 atom stereocenters. The Labute approximate surface area is 202 Å². The van der Waals surface area contributed by atoms with E-state index in [0.29, 0.717) is 22.0 Å². The Bertz CT molecular complexity index is 1210. The Hall–Kier alpha value is -2.97. The second-order valence-electron chi connectivity index (χ2n) is 7.17. The number of hydrogen-bond donors (Lipinski definition) is 1. The molecule has 0 aliphatic heterocycles. The van der Waals surface area contributed by atoms with Crippen LogP contribution in [0.2, 0.25) is 15.1 Å². The van der Waals surface area contributed by atoms with Gasteiger partial charge in [-0.15, -0.1) is 0 Å². The molecular formula is C25H19Cl3N2O2. The van der Waals surface area contributed by atoms with E-state index in [1.807, 2.05) is 50.2 Å². The van der Waals surface area contributed by atoms with Crippen molar-refractivity contribution < 1.29 is 9.53 Å². The molecule has 0 saturated carbocycles. The number of carbonyl (C=O) groups excluding carboxylic acids is 1. The minimum Gasteiger partial charge on any atom is -0.486 e. The van der Waals surface area contributed by atoms with Crippen LogP contribution in [0.4, 0.5) is 5.69 Å². The zero-order chi connectivity index (χ0) is 23.3. The number of anilines is 1. The molecule has 3 rings (SSSR count). The summed E-state index contributed by atoms with van der Waals surface area (Å²) in [6.07, 6.45) is 1.43. The Kier molecular flexibility index (Phi) is 7.82. The van der Waals surface area contributed by atoms with Crippen LogP contribution in [0.15, 0.2) is 60.2 Å². The summed E-state index contributed by atoms with van der Waals surface area (Å²) in [4.78, 5) is 12.6. The minimum absolute atomic E-state index is 0.0760. The van der Waals surface area contributed by atoms with Crippen molar-refractivity contribution >= 4 is 52.5 Å². The van der Waals surface area contributed by atoms with Crippen molar-refractivity contribution in [3.05, 3.63) is 97.5 Å². The average Bonchev–Trinajstić information content (AvgIpc) is 2.75. The molecule has 7 heteroatoms. The summed E-state index contributed by atoms with van der Waals surface area (Å²) in [7, 11) is 0. The maximum atomic E-state index is 12.6. The number of nitrogens with one attached hydrogen (secondary N) is 1. The predicted octanol–water partition coefficient (Wildman–Crippen LogP) is 7.39. The summed E-state index contributed by atoms with van der Waals surface area (Å²) in [6.45, 7) is 4.07. The number of rotatable bonds is 6. The molecule has 3 aromatic carbocycles. The van der Waals surface area contributed by atoms with Gasteiger partial charge < -0.3 is 10.1 Å². The molecule has 0 unspecified atom stereocenters. The van der Waals surface area contributed by atoms with Crippen molar-refractivity contribution in [2.75, 3.05) is 5.32 Å². The summed E-state index contributed by atoms with van der Waals surface area (Å²) in [5, 5.41) is 13.5. The standard InChI is InChI=1S/C25H19Cl3N2O2/c1-15-3-4-16(2)23(9-15)30-25(31)19(13-29)10-18-11-21(27)24(22(28)12-18)32-14-17-5-7-20(26)8-6-17/h3-12H,14H2,1-2H3,(H,30,31)/b19-10+. The van der Waals surface area contributed by atoms with E-state index in [9.17, 15) is 10.1 Å². The van der Waals surface area contributed by atoms with Gasteiger partial charge in [-0.25, -0.2) is 0 Å². The monoisotopic (exact) mass is 484 g/mol. The van der Waals surface area contributed by atoms with Crippen molar-refractivity contribution in [2.45, 2.75) is 20.5 Å². The van der Waals surface area contributed by atoms with E-state index in [-0.39, 0.29) is 22.2 Å². The third-order valence-corrected chi connectivity index (χ3v) is 5.45. The quantitative estimate of drug-likeness (QED) is 0.292. The van der Waals surface area contributed by atoms with E-state index in [0.717, 1.165) is 16.7 Å². The molecule has 0 aliphatic rings. The topological polar surface area (TPSA) is 62.1 Å². The fourth-order valence-electron chi connectivity index (χ4n) is 2.91. The first-order chi connectivity index (χ1) is 15.3. The zero-order valence-electron chi connectivity index (χ0n) is 17.4. The van der Waals surface area contributed by atoms with Gasteiger partial charge in [0, 0.05) is 10.7 Å². The number of nitrogens with zero attached hydrogens (tertiary/aromatic N) is 1. The zero-order valence-corrected chi connectivity index (χ0v) is 19.6. The highest BCUT2D eigenvalue weighted by Gasteiger charge is 2.14. The van der Waals surface area contributed by atoms with Gasteiger partial charge in [-0.05, 0) is 72.5 Å². The Morgan fingerprint density at radius 2 is 1.69 bits per heavy atom. The highest BCUT2D eigenvalue weighted by atomic mass is 35.5. The average molecular weight is 486 g/mol. The van der Waals surface area contributed by atoms with Crippen LogP contribution in [0.1, 0.15) is 22.3 Å². The highest BCUT2D eigenvalue weighted by molar-refractivity contribution is 6.37. The molecular weight excluding hydrogens is 467 g/mol. The van der Waals surface area contributed by atoms with Crippen LogP contribution in [0.5, 0.6) is 5.75 Å². The van der Waals surface area contributed by atoms with E-state index in [2.05, 4.69) is 5.32 Å². The van der Waals surface area contributed by atoms with Gasteiger partial charge in [-0.3, -0.25) is 4.79 Å². The molecule has 1 amide bonds. The van der Waals surface area contributed by atoms with E-state index in [4.69, 9.17) is 39.5 Å². The summed E-state index contributed by atoms with van der Waals surface area (Å²) < 4.78 is 5.76. The fraction of sp³-hybridized carbons (Fsp3) is 0.120. The van der Waals surface area contributed by atoms with Crippen LogP contribution in [0.25, 0.3) is 6.08 Å². The second-order valence-corrected chi connectivity index (χ2v) is 8.42. The van der Waals surface area contributed by atoms with Crippen molar-refractivity contribution in [2.24, 2.45) is 0 Å². The van der Waals surface area contributed by atoms with Crippen LogP contribution in [-0.2, 0) is 11.4 Å². The molecule has 0 fully saturated rings. The number of aryl methyl sites for hydroxylation is 2. The van der Waals surface area contributed by atoms with Gasteiger partial charge in [0.15, 0.2) is 5.75 Å². The molecule has 1 N–H and O–H groups in total. The minimum atomic E-state index is -0.517.